The minimum Gasteiger partial charge on any atom is -0.232 e. The second-order valence-corrected chi connectivity index (χ2v) is 4.57. The van der Waals surface area contributed by atoms with E-state index >= 15 is 0 Å². The SMILES string of the molecule is Cc1ccsc1-c1nc(C)c(C)c(C#N)n1. The van der Waals surface area contributed by atoms with Crippen LogP contribution >= 0.6 is 11.3 Å². The van der Waals surface area contributed by atoms with Crippen molar-refractivity contribution in [1.82, 2.24) is 9.97 Å². The van der Waals surface area contributed by atoms with Gasteiger partial charge < -0.3 is 0 Å². The first-order valence-electron chi connectivity index (χ1n) is 4.93. The molecule has 0 amide bonds. The lowest BCUT2D eigenvalue weighted by Crippen LogP contribution is -1.99. The van der Waals surface area contributed by atoms with Gasteiger partial charge in [-0.1, -0.05) is 0 Å². The molecular formula is C12H11N3S. The Balaban J connectivity index is 2.65. The summed E-state index contributed by atoms with van der Waals surface area (Å²) < 4.78 is 0. The second kappa shape index (κ2) is 4.03. The fraction of sp³-hybridized carbons (Fsp3) is 0.250. The summed E-state index contributed by atoms with van der Waals surface area (Å²) in [5.74, 6) is 0.659. The molecule has 0 radical (unpaired) electrons. The molecule has 0 unspecified atom stereocenters. The van der Waals surface area contributed by atoms with E-state index in [0.717, 1.165) is 21.7 Å². The molecule has 0 saturated carbocycles. The third-order valence-corrected chi connectivity index (χ3v) is 3.57. The first-order chi connectivity index (χ1) is 7.63. The molecule has 0 aliphatic carbocycles. The maximum atomic E-state index is 9.00. The number of rotatable bonds is 1. The number of aryl methyl sites for hydroxylation is 2. The van der Waals surface area contributed by atoms with Gasteiger partial charge in [-0.3, -0.25) is 0 Å². The fourth-order valence-corrected chi connectivity index (χ4v) is 2.30. The summed E-state index contributed by atoms with van der Waals surface area (Å²) in [5.41, 5.74) is 3.35. The van der Waals surface area contributed by atoms with Crippen LogP contribution in [0.25, 0.3) is 10.7 Å². The fourth-order valence-electron chi connectivity index (χ4n) is 1.44. The average molecular weight is 229 g/mol. The van der Waals surface area contributed by atoms with Crippen molar-refractivity contribution in [2.75, 3.05) is 0 Å². The van der Waals surface area contributed by atoms with Gasteiger partial charge in [0.2, 0.25) is 0 Å². The van der Waals surface area contributed by atoms with Gasteiger partial charge in [0, 0.05) is 11.3 Å². The number of hydrogen-bond donors (Lipinski definition) is 0. The van der Waals surface area contributed by atoms with Crippen molar-refractivity contribution in [2.45, 2.75) is 20.8 Å². The highest BCUT2D eigenvalue weighted by molar-refractivity contribution is 7.13. The van der Waals surface area contributed by atoms with Gasteiger partial charge in [0.25, 0.3) is 0 Å². The van der Waals surface area contributed by atoms with E-state index in [4.69, 9.17) is 5.26 Å². The molecule has 3 nitrogen and oxygen atoms in total. The molecule has 0 N–H and O–H groups in total. The molecule has 0 fully saturated rings. The van der Waals surface area contributed by atoms with Gasteiger partial charge in [0.1, 0.15) is 11.8 Å². The van der Waals surface area contributed by atoms with E-state index in [0.29, 0.717) is 11.5 Å². The highest BCUT2D eigenvalue weighted by atomic mass is 32.1. The lowest BCUT2D eigenvalue weighted by molar-refractivity contribution is 1.05. The Labute approximate surface area is 98.4 Å². The van der Waals surface area contributed by atoms with Gasteiger partial charge in [0.05, 0.1) is 4.88 Å². The molecule has 2 aromatic rings. The van der Waals surface area contributed by atoms with Crippen molar-refractivity contribution in [2.24, 2.45) is 0 Å². The first kappa shape index (κ1) is 10.8. The number of nitriles is 1. The highest BCUT2D eigenvalue weighted by Crippen LogP contribution is 2.27. The van der Waals surface area contributed by atoms with Crippen molar-refractivity contribution >= 4 is 11.3 Å². The van der Waals surface area contributed by atoms with E-state index in [-0.39, 0.29) is 0 Å². The molecule has 80 valence electrons. The molecule has 0 aliphatic heterocycles. The van der Waals surface area contributed by atoms with Gasteiger partial charge in [-0.2, -0.15) is 5.26 Å². The second-order valence-electron chi connectivity index (χ2n) is 3.65. The predicted molar refractivity (Wildman–Crippen MR) is 64.3 cm³/mol. The molecule has 0 bridgehead atoms. The maximum absolute atomic E-state index is 9.00. The first-order valence-corrected chi connectivity index (χ1v) is 5.81. The number of aromatic nitrogens is 2. The Morgan fingerprint density at radius 2 is 2.00 bits per heavy atom. The van der Waals surface area contributed by atoms with E-state index in [1.165, 1.54) is 0 Å². The Hall–Kier alpha value is -1.73. The molecule has 0 spiro atoms. The lowest BCUT2D eigenvalue weighted by atomic mass is 10.2. The monoisotopic (exact) mass is 229 g/mol. The van der Waals surface area contributed by atoms with Gasteiger partial charge in [0.15, 0.2) is 5.82 Å². The summed E-state index contributed by atoms with van der Waals surface area (Å²) in [7, 11) is 0. The van der Waals surface area contributed by atoms with E-state index in [9.17, 15) is 0 Å². The molecule has 4 heteroatoms. The molecule has 0 saturated heterocycles. The average Bonchev–Trinajstić information content (AvgIpc) is 2.68. The van der Waals surface area contributed by atoms with Crippen molar-refractivity contribution in [3.63, 3.8) is 0 Å². The van der Waals surface area contributed by atoms with Crippen LogP contribution in [-0.4, -0.2) is 9.97 Å². The zero-order valence-electron chi connectivity index (χ0n) is 9.40. The van der Waals surface area contributed by atoms with Crippen LogP contribution in [0.15, 0.2) is 11.4 Å². The molecule has 2 aromatic heterocycles. The highest BCUT2D eigenvalue weighted by Gasteiger charge is 2.11. The third-order valence-electron chi connectivity index (χ3n) is 2.56. The van der Waals surface area contributed by atoms with Crippen LogP contribution in [0, 0.1) is 32.1 Å². The van der Waals surface area contributed by atoms with Crippen LogP contribution in [0.2, 0.25) is 0 Å². The summed E-state index contributed by atoms with van der Waals surface area (Å²) in [6, 6.07) is 4.14. The van der Waals surface area contributed by atoms with Gasteiger partial charge in [-0.15, -0.1) is 11.3 Å². The summed E-state index contributed by atoms with van der Waals surface area (Å²) in [6.07, 6.45) is 0. The maximum Gasteiger partial charge on any atom is 0.171 e. The minimum atomic E-state index is 0.468. The molecule has 0 aliphatic rings. The number of hydrogen-bond acceptors (Lipinski definition) is 4. The molecule has 0 aromatic carbocycles. The Bertz CT molecular complexity index is 578. The minimum absolute atomic E-state index is 0.468. The van der Waals surface area contributed by atoms with E-state index in [2.05, 4.69) is 16.0 Å². The molecule has 16 heavy (non-hydrogen) atoms. The summed E-state index contributed by atoms with van der Waals surface area (Å²) in [6.45, 7) is 5.81. The zero-order valence-corrected chi connectivity index (χ0v) is 10.2. The molecule has 0 atom stereocenters. The summed E-state index contributed by atoms with van der Waals surface area (Å²) >= 11 is 1.60. The van der Waals surface area contributed by atoms with Crippen LogP contribution in [-0.2, 0) is 0 Å². The van der Waals surface area contributed by atoms with Crippen LogP contribution in [0.1, 0.15) is 22.5 Å². The van der Waals surface area contributed by atoms with Crippen molar-refractivity contribution in [3.05, 3.63) is 34.0 Å². The third kappa shape index (κ3) is 1.70. The van der Waals surface area contributed by atoms with Gasteiger partial charge >= 0.3 is 0 Å². The number of thiophene rings is 1. The van der Waals surface area contributed by atoms with Crippen LogP contribution < -0.4 is 0 Å². The Kier molecular flexibility index (Phi) is 2.71. The molecular weight excluding hydrogens is 218 g/mol. The summed E-state index contributed by atoms with van der Waals surface area (Å²) in [4.78, 5) is 9.77. The van der Waals surface area contributed by atoms with E-state index in [1.54, 1.807) is 11.3 Å². The van der Waals surface area contributed by atoms with Crippen LogP contribution in [0.5, 0.6) is 0 Å². The van der Waals surface area contributed by atoms with Crippen molar-refractivity contribution < 1.29 is 0 Å². The smallest absolute Gasteiger partial charge is 0.171 e. The largest absolute Gasteiger partial charge is 0.232 e. The standard InChI is InChI=1S/C12H11N3S/c1-7-4-5-16-11(7)12-14-9(3)8(2)10(6-13)15-12/h4-5H,1-3H3. The van der Waals surface area contributed by atoms with Gasteiger partial charge in [-0.05, 0) is 37.8 Å². The Morgan fingerprint density at radius 1 is 1.25 bits per heavy atom. The topological polar surface area (TPSA) is 49.6 Å². The zero-order chi connectivity index (χ0) is 11.7. The molecule has 2 heterocycles. The normalized spacial score (nSPS) is 10.1. The lowest BCUT2D eigenvalue weighted by Gasteiger charge is -2.04. The van der Waals surface area contributed by atoms with Crippen LogP contribution in [0.4, 0.5) is 0 Å². The quantitative estimate of drug-likeness (QED) is 0.755. The van der Waals surface area contributed by atoms with E-state index in [1.807, 2.05) is 32.2 Å². The van der Waals surface area contributed by atoms with Gasteiger partial charge in [-0.25, -0.2) is 9.97 Å². The van der Waals surface area contributed by atoms with Crippen molar-refractivity contribution in [3.8, 4) is 16.8 Å². The predicted octanol–water partition coefficient (Wildman–Crippen LogP) is 3.00. The van der Waals surface area contributed by atoms with Crippen molar-refractivity contribution in [1.29, 1.82) is 5.26 Å². The Morgan fingerprint density at radius 3 is 2.56 bits per heavy atom. The summed E-state index contributed by atoms with van der Waals surface area (Å²) in [5, 5.41) is 11.0. The molecule has 2 rings (SSSR count). The number of nitrogens with zero attached hydrogens (tertiary/aromatic N) is 3. The van der Waals surface area contributed by atoms with Crippen LogP contribution in [0.3, 0.4) is 0 Å². The van der Waals surface area contributed by atoms with E-state index < -0.39 is 0 Å².